The molecule has 1 aliphatic heterocycles. The van der Waals surface area contributed by atoms with Gasteiger partial charge in [0, 0.05) is 37.1 Å². The molecule has 0 amide bonds. The summed E-state index contributed by atoms with van der Waals surface area (Å²) in [6.07, 6.45) is 10.0. The zero-order valence-corrected chi connectivity index (χ0v) is 12.3. The van der Waals surface area contributed by atoms with Gasteiger partial charge in [-0.1, -0.05) is 24.4 Å². The summed E-state index contributed by atoms with van der Waals surface area (Å²) in [5.74, 6) is 0. The quantitative estimate of drug-likeness (QED) is 0.846. The van der Waals surface area contributed by atoms with E-state index in [1.54, 1.807) is 0 Å². The van der Waals surface area contributed by atoms with Crippen molar-refractivity contribution in [3.05, 3.63) is 42.3 Å². The van der Waals surface area contributed by atoms with Gasteiger partial charge in [0.1, 0.15) is 0 Å². The average Bonchev–Trinajstić information content (AvgIpc) is 2.76. The summed E-state index contributed by atoms with van der Waals surface area (Å²) < 4.78 is 0. The van der Waals surface area contributed by atoms with E-state index in [0.717, 1.165) is 43.2 Å². The van der Waals surface area contributed by atoms with Crippen LogP contribution in [0, 0.1) is 0 Å². The molecule has 1 aromatic heterocycles. The van der Waals surface area contributed by atoms with Gasteiger partial charge in [-0.3, -0.25) is 4.98 Å². The molecule has 0 bridgehead atoms. The molecule has 3 nitrogen and oxygen atoms in total. The second-order valence-electron chi connectivity index (χ2n) is 5.16. The van der Waals surface area contributed by atoms with Crippen molar-refractivity contribution in [2.24, 2.45) is 0 Å². The monoisotopic (exact) mass is 285 g/mol. The average molecular weight is 285 g/mol. The topological polar surface area (TPSA) is 28.2 Å². The van der Waals surface area contributed by atoms with Gasteiger partial charge in [-0.2, -0.15) is 0 Å². The van der Waals surface area contributed by atoms with E-state index >= 15 is 0 Å². The van der Waals surface area contributed by atoms with Crippen molar-refractivity contribution in [3.8, 4) is 0 Å². The van der Waals surface area contributed by atoms with Gasteiger partial charge in [-0.05, 0) is 36.7 Å². The third-order valence-corrected chi connectivity index (χ3v) is 4.00. The zero-order valence-electron chi connectivity index (χ0n) is 11.5. The van der Waals surface area contributed by atoms with Crippen LogP contribution in [-0.4, -0.2) is 36.0 Å². The molecule has 0 radical (unpaired) electrons. The highest BCUT2D eigenvalue weighted by molar-refractivity contribution is 7.80. The minimum Gasteiger partial charge on any atom is -0.368 e. The van der Waals surface area contributed by atoms with Crippen LogP contribution in [-0.2, 0) is 0 Å². The van der Waals surface area contributed by atoms with E-state index in [2.05, 4.69) is 27.3 Å². The standard InChI is InChI=1S/C16H19N3S/c20-14-5-1-4-13(12-14)16-15(6-2-8-18-16)19-10-3-7-17-9-11-19/h1-2,4-6,8,17H,3,7,9-12H2. The highest BCUT2D eigenvalue weighted by atomic mass is 32.1. The van der Waals surface area contributed by atoms with Crippen LogP contribution in [0.15, 0.2) is 36.6 Å². The fourth-order valence-electron chi connectivity index (χ4n) is 2.73. The number of pyridine rings is 1. The number of nitrogens with zero attached hydrogens (tertiary/aromatic N) is 2. The van der Waals surface area contributed by atoms with Crippen molar-refractivity contribution in [1.29, 1.82) is 0 Å². The predicted molar refractivity (Wildman–Crippen MR) is 88.3 cm³/mol. The summed E-state index contributed by atoms with van der Waals surface area (Å²) in [5.41, 5.74) is 3.55. The Kier molecular flexibility index (Phi) is 4.23. The largest absolute Gasteiger partial charge is 0.368 e. The molecule has 2 aliphatic rings. The first kappa shape index (κ1) is 13.5. The molecule has 1 saturated heterocycles. The molecule has 0 unspecified atom stereocenters. The Bertz CT molecular complexity index is 555. The smallest absolute Gasteiger partial charge is 0.0898 e. The number of hydrogen-bond donors (Lipinski definition) is 1. The van der Waals surface area contributed by atoms with E-state index in [1.807, 2.05) is 24.4 Å². The SMILES string of the molecule is S=C1C=CC=C(c2ncccc2N2CCCNCC2)C1. The number of anilines is 1. The van der Waals surface area contributed by atoms with E-state index in [0.29, 0.717) is 0 Å². The van der Waals surface area contributed by atoms with Gasteiger partial charge < -0.3 is 10.2 Å². The number of rotatable bonds is 2. The summed E-state index contributed by atoms with van der Waals surface area (Å²) in [6.45, 7) is 4.25. The van der Waals surface area contributed by atoms with E-state index in [9.17, 15) is 0 Å². The Morgan fingerprint density at radius 3 is 3.10 bits per heavy atom. The fourth-order valence-corrected chi connectivity index (χ4v) is 2.96. The van der Waals surface area contributed by atoms with Crippen molar-refractivity contribution >= 4 is 28.3 Å². The summed E-state index contributed by atoms with van der Waals surface area (Å²) >= 11 is 5.33. The fraction of sp³-hybridized carbons (Fsp3) is 0.375. The lowest BCUT2D eigenvalue weighted by Gasteiger charge is -2.25. The van der Waals surface area contributed by atoms with Gasteiger partial charge in [0.25, 0.3) is 0 Å². The minimum atomic E-state index is 0.821. The van der Waals surface area contributed by atoms with Crippen molar-refractivity contribution in [2.45, 2.75) is 12.8 Å². The molecule has 1 aromatic rings. The summed E-state index contributed by atoms with van der Waals surface area (Å²) in [6, 6.07) is 4.20. The van der Waals surface area contributed by atoms with Gasteiger partial charge in [0.05, 0.1) is 11.4 Å². The van der Waals surface area contributed by atoms with Crippen molar-refractivity contribution in [2.75, 3.05) is 31.1 Å². The van der Waals surface area contributed by atoms with E-state index < -0.39 is 0 Å². The molecule has 104 valence electrons. The lowest BCUT2D eigenvalue weighted by molar-refractivity contribution is 0.724. The molecule has 1 N–H and O–H groups in total. The van der Waals surface area contributed by atoms with Gasteiger partial charge in [0.2, 0.25) is 0 Å². The molecule has 4 heteroatoms. The maximum Gasteiger partial charge on any atom is 0.0898 e. The van der Waals surface area contributed by atoms with Crippen LogP contribution in [0.5, 0.6) is 0 Å². The lowest BCUT2D eigenvalue weighted by atomic mass is 9.99. The predicted octanol–water partition coefficient (Wildman–Crippen LogP) is 2.59. The summed E-state index contributed by atoms with van der Waals surface area (Å²) in [7, 11) is 0. The molecule has 2 heterocycles. The molecule has 0 saturated carbocycles. The second-order valence-corrected chi connectivity index (χ2v) is 5.68. The Morgan fingerprint density at radius 1 is 1.25 bits per heavy atom. The minimum absolute atomic E-state index is 0.821. The highest BCUT2D eigenvalue weighted by Gasteiger charge is 2.17. The van der Waals surface area contributed by atoms with Crippen LogP contribution in [0.2, 0.25) is 0 Å². The van der Waals surface area contributed by atoms with E-state index in [4.69, 9.17) is 12.2 Å². The van der Waals surface area contributed by atoms with Crippen LogP contribution >= 0.6 is 12.2 Å². The summed E-state index contributed by atoms with van der Waals surface area (Å²) in [4.78, 5) is 8.04. The van der Waals surface area contributed by atoms with Crippen molar-refractivity contribution in [3.63, 3.8) is 0 Å². The van der Waals surface area contributed by atoms with Crippen LogP contribution < -0.4 is 10.2 Å². The Balaban J connectivity index is 1.93. The molecule has 20 heavy (non-hydrogen) atoms. The van der Waals surface area contributed by atoms with E-state index in [-0.39, 0.29) is 0 Å². The maximum absolute atomic E-state index is 5.33. The highest BCUT2D eigenvalue weighted by Crippen LogP contribution is 2.29. The summed E-state index contributed by atoms with van der Waals surface area (Å²) in [5, 5.41) is 3.44. The molecule has 1 aliphatic carbocycles. The second kappa shape index (κ2) is 6.29. The van der Waals surface area contributed by atoms with Crippen LogP contribution in [0.25, 0.3) is 5.57 Å². The van der Waals surface area contributed by atoms with Gasteiger partial charge in [0.15, 0.2) is 0 Å². The molecule has 3 rings (SSSR count). The normalized spacial score (nSPS) is 19.7. The molecule has 0 atom stereocenters. The molecule has 0 spiro atoms. The first-order valence-corrected chi connectivity index (χ1v) is 7.56. The van der Waals surface area contributed by atoms with Crippen LogP contribution in [0.1, 0.15) is 18.5 Å². The van der Waals surface area contributed by atoms with Gasteiger partial charge >= 0.3 is 0 Å². The van der Waals surface area contributed by atoms with Crippen molar-refractivity contribution in [1.82, 2.24) is 10.3 Å². The number of hydrogen-bond acceptors (Lipinski definition) is 4. The number of thiocarbonyl (C=S) groups is 1. The molecule has 1 fully saturated rings. The van der Waals surface area contributed by atoms with E-state index in [1.165, 1.54) is 17.7 Å². The first-order chi connectivity index (χ1) is 9.84. The lowest BCUT2D eigenvalue weighted by Crippen LogP contribution is -2.29. The Morgan fingerprint density at radius 2 is 2.20 bits per heavy atom. The number of nitrogens with one attached hydrogen (secondary N) is 1. The molecular formula is C16H19N3S. The van der Waals surface area contributed by atoms with Crippen LogP contribution in [0.4, 0.5) is 5.69 Å². The van der Waals surface area contributed by atoms with Crippen molar-refractivity contribution < 1.29 is 0 Å². The number of aromatic nitrogens is 1. The Labute approximate surface area is 125 Å². The zero-order chi connectivity index (χ0) is 13.8. The third kappa shape index (κ3) is 2.97. The first-order valence-electron chi connectivity index (χ1n) is 7.16. The van der Waals surface area contributed by atoms with Gasteiger partial charge in [-0.15, -0.1) is 0 Å². The van der Waals surface area contributed by atoms with Gasteiger partial charge in [-0.25, -0.2) is 0 Å². The van der Waals surface area contributed by atoms with Crippen LogP contribution in [0.3, 0.4) is 0 Å². The third-order valence-electron chi connectivity index (χ3n) is 3.72. The molecule has 0 aromatic carbocycles. The molecular weight excluding hydrogens is 266 g/mol. The maximum atomic E-state index is 5.33. The Hall–Kier alpha value is -1.52. The number of allylic oxidation sites excluding steroid dienone is 4.